The Hall–Kier alpha value is -1.83. The average Bonchev–Trinajstić information content (AvgIpc) is 2.36. The molecule has 8 nitrogen and oxygen atoms in total. The summed E-state index contributed by atoms with van der Waals surface area (Å²) in [7, 11) is 0. The molecule has 1 unspecified atom stereocenters. The van der Waals surface area contributed by atoms with Crippen molar-refractivity contribution in [3.8, 4) is 0 Å². The van der Waals surface area contributed by atoms with E-state index in [0.717, 1.165) is 0 Å². The number of nitrogens with two attached hydrogens (primary N) is 1. The smallest absolute Gasteiger partial charge is 0.326 e. The lowest BCUT2D eigenvalue weighted by atomic mass is 9.93. The number of primary amides is 1. The number of aliphatic hydroxyl groups is 1. The number of carboxylic acids is 1. The van der Waals surface area contributed by atoms with Gasteiger partial charge in [-0.1, -0.05) is 0 Å². The van der Waals surface area contributed by atoms with Gasteiger partial charge in [-0.15, -0.1) is 0 Å². The fourth-order valence-corrected chi connectivity index (χ4v) is 2.15. The summed E-state index contributed by atoms with van der Waals surface area (Å²) in [6, 6.07) is -1.79. The number of hydrogen-bond acceptors (Lipinski definition) is 4. The van der Waals surface area contributed by atoms with E-state index in [0.29, 0.717) is 25.7 Å². The zero-order chi connectivity index (χ0) is 15.1. The number of rotatable bonds is 6. The second-order valence-corrected chi connectivity index (χ2v) is 5.02. The Balaban J connectivity index is 2.37. The van der Waals surface area contributed by atoms with Gasteiger partial charge in [-0.3, -0.25) is 4.79 Å². The number of carbonyl (C=O) groups is 3. The summed E-state index contributed by atoms with van der Waals surface area (Å²) in [4.78, 5) is 33.3. The van der Waals surface area contributed by atoms with E-state index in [2.05, 4.69) is 10.6 Å². The van der Waals surface area contributed by atoms with E-state index in [9.17, 15) is 19.5 Å². The van der Waals surface area contributed by atoms with Crippen LogP contribution in [0.1, 0.15) is 38.5 Å². The number of nitrogens with one attached hydrogen (secondary N) is 2. The molecular weight excluding hydrogens is 266 g/mol. The van der Waals surface area contributed by atoms with Crippen molar-refractivity contribution in [1.29, 1.82) is 0 Å². The summed E-state index contributed by atoms with van der Waals surface area (Å²) in [5.41, 5.74) is 4.95. The first-order valence-corrected chi connectivity index (χ1v) is 6.64. The van der Waals surface area contributed by atoms with Gasteiger partial charge in [0.25, 0.3) is 0 Å². The van der Waals surface area contributed by atoms with Gasteiger partial charge in [-0.25, -0.2) is 9.59 Å². The lowest BCUT2D eigenvalue weighted by molar-refractivity contribution is -0.139. The molecule has 1 atom stereocenters. The predicted octanol–water partition coefficient (Wildman–Crippen LogP) is -0.692. The van der Waals surface area contributed by atoms with Crippen LogP contribution in [-0.2, 0) is 9.59 Å². The average molecular weight is 287 g/mol. The molecule has 0 saturated heterocycles. The molecule has 114 valence electrons. The van der Waals surface area contributed by atoms with Crippen LogP contribution < -0.4 is 16.4 Å². The van der Waals surface area contributed by atoms with E-state index in [-0.39, 0.29) is 25.0 Å². The molecule has 1 fully saturated rings. The number of urea groups is 1. The molecular formula is C12H21N3O5. The maximum Gasteiger partial charge on any atom is 0.326 e. The second-order valence-electron chi connectivity index (χ2n) is 5.02. The van der Waals surface area contributed by atoms with Crippen molar-refractivity contribution >= 4 is 17.9 Å². The summed E-state index contributed by atoms with van der Waals surface area (Å²) in [6.07, 6.45) is 2.10. The number of carboxylic acid groups (broad SMARTS) is 1. The SMILES string of the molecule is NC(=O)CCC(NC(=O)NC1CCC(O)CC1)C(=O)O. The molecule has 1 aliphatic rings. The molecule has 20 heavy (non-hydrogen) atoms. The van der Waals surface area contributed by atoms with Crippen LogP contribution in [0.2, 0.25) is 0 Å². The van der Waals surface area contributed by atoms with Gasteiger partial charge in [0.05, 0.1) is 6.10 Å². The standard InChI is InChI=1S/C12H21N3O5/c13-10(17)6-5-9(11(18)19)15-12(20)14-7-1-3-8(16)4-2-7/h7-9,16H,1-6H2,(H2,13,17)(H,18,19)(H2,14,15,20). The molecule has 6 N–H and O–H groups in total. The van der Waals surface area contributed by atoms with Crippen molar-refractivity contribution in [1.82, 2.24) is 10.6 Å². The summed E-state index contributed by atoms with van der Waals surface area (Å²) in [5, 5.41) is 23.3. The maximum atomic E-state index is 11.7. The highest BCUT2D eigenvalue weighted by Gasteiger charge is 2.24. The molecule has 1 aliphatic carbocycles. The monoisotopic (exact) mass is 287 g/mol. The van der Waals surface area contributed by atoms with Crippen molar-refractivity contribution in [2.45, 2.75) is 56.7 Å². The van der Waals surface area contributed by atoms with Crippen LogP contribution in [0.4, 0.5) is 4.79 Å². The third-order valence-corrected chi connectivity index (χ3v) is 3.31. The van der Waals surface area contributed by atoms with Crippen LogP contribution in [0.5, 0.6) is 0 Å². The number of hydrogen-bond donors (Lipinski definition) is 5. The number of aliphatic carboxylic acids is 1. The van der Waals surface area contributed by atoms with Gasteiger partial charge in [0.1, 0.15) is 6.04 Å². The van der Waals surface area contributed by atoms with Crippen molar-refractivity contribution in [2.75, 3.05) is 0 Å². The number of aliphatic hydroxyl groups excluding tert-OH is 1. The lowest BCUT2D eigenvalue weighted by Gasteiger charge is -2.26. The first-order valence-electron chi connectivity index (χ1n) is 6.64. The van der Waals surface area contributed by atoms with E-state index >= 15 is 0 Å². The molecule has 0 aromatic heterocycles. The zero-order valence-corrected chi connectivity index (χ0v) is 11.2. The third-order valence-electron chi connectivity index (χ3n) is 3.31. The Bertz CT molecular complexity index is 366. The molecule has 0 spiro atoms. The number of carbonyl (C=O) groups excluding carboxylic acids is 2. The topological polar surface area (TPSA) is 142 Å². The van der Waals surface area contributed by atoms with E-state index in [1.165, 1.54) is 0 Å². The van der Waals surface area contributed by atoms with Crippen molar-refractivity contribution in [3.63, 3.8) is 0 Å². The van der Waals surface area contributed by atoms with Gasteiger partial charge in [0.15, 0.2) is 0 Å². The Kier molecular flexibility index (Phi) is 6.23. The van der Waals surface area contributed by atoms with E-state index < -0.39 is 23.9 Å². The summed E-state index contributed by atoms with van der Waals surface area (Å²) < 4.78 is 0. The van der Waals surface area contributed by atoms with E-state index in [1.54, 1.807) is 0 Å². The molecule has 3 amide bonds. The van der Waals surface area contributed by atoms with Gasteiger partial charge in [0.2, 0.25) is 5.91 Å². The quantitative estimate of drug-likeness (QED) is 0.439. The third kappa shape index (κ3) is 5.87. The van der Waals surface area contributed by atoms with Crippen molar-refractivity contribution < 1.29 is 24.6 Å². The van der Waals surface area contributed by atoms with Crippen molar-refractivity contribution in [3.05, 3.63) is 0 Å². The maximum absolute atomic E-state index is 11.7. The molecule has 0 bridgehead atoms. The minimum Gasteiger partial charge on any atom is -0.480 e. The Morgan fingerprint density at radius 2 is 1.80 bits per heavy atom. The van der Waals surface area contributed by atoms with Crippen LogP contribution in [-0.4, -0.2) is 46.3 Å². The summed E-state index contributed by atoms with van der Waals surface area (Å²) in [6.45, 7) is 0. The first-order chi connectivity index (χ1) is 9.38. The fraction of sp³-hybridized carbons (Fsp3) is 0.750. The molecule has 0 aromatic rings. The molecule has 8 heteroatoms. The Labute approximate surface area is 116 Å². The summed E-state index contributed by atoms with van der Waals surface area (Å²) in [5.74, 6) is -1.82. The Morgan fingerprint density at radius 3 is 2.30 bits per heavy atom. The van der Waals surface area contributed by atoms with Gasteiger partial charge in [0, 0.05) is 12.5 Å². The van der Waals surface area contributed by atoms with Crippen LogP contribution >= 0.6 is 0 Å². The zero-order valence-electron chi connectivity index (χ0n) is 11.2. The molecule has 0 aliphatic heterocycles. The Morgan fingerprint density at radius 1 is 1.20 bits per heavy atom. The molecule has 1 saturated carbocycles. The second kappa shape index (κ2) is 7.68. The predicted molar refractivity (Wildman–Crippen MR) is 69.8 cm³/mol. The lowest BCUT2D eigenvalue weighted by Crippen LogP contribution is -2.50. The summed E-state index contributed by atoms with van der Waals surface area (Å²) >= 11 is 0. The van der Waals surface area contributed by atoms with Gasteiger partial charge in [-0.2, -0.15) is 0 Å². The van der Waals surface area contributed by atoms with E-state index in [4.69, 9.17) is 10.8 Å². The minimum absolute atomic E-state index is 0.0402. The first kappa shape index (κ1) is 16.2. The van der Waals surface area contributed by atoms with Crippen molar-refractivity contribution in [2.24, 2.45) is 5.73 Å². The largest absolute Gasteiger partial charge is 0.480 e. The van der Waals surface area contributed by atoms with Crippen LogP contribution in [0.15, 0.2) is 0 Å². The molecule has 0 heterocycles. The highest BCUT2D eigenvalue weighted by atomic mass is 16.4. The van der Waals surface area contributed by atoms with E-state index in [1.807, 2.05) is 0 Å². The number of amides is 3. The normalized spacial score (nSPS) is 23.6. The van der Waals surface area contributed by atoms with Gasteiger partial charge >= 0.3 is 12.0 Å². The fourth-order valence-electron chi connectivity index (χ4n) is 2.15. The minimum atomic E-state index is -1.21. The highest BCUT2D eigenvalue weighted by molar-refractivity contribution is 5.83. The molecule has 1 rings (SSSR count). The van der Waals surface area contributed by atoms with Crippen LogP contribution in [0.3, 0.4) is 0 Å². The molecule has 0 radical (unpaired) electrons. The van der Waals surface area contributed by atoms with Gasteiger partial charge in [-0.05, 0) is 32.1 Å². The van der Waals surface area contributed by atoms with Crippen LogP contribution in [0, 0.1) is 0 Å². The van der Waals surface area contributed by atoms with Gasteiger partial charge < -0.3 is 26.6 Å². The highest BCUT2D eigenvalue weighted by Crippen LogP contribution is 2.18. The molecule has 0 aromatic carbocycles. The van der Waals surface area contributed by atoms with Crippen LogP contribution in [0.25, 0.3) is 0 Å².